The van der Waals surface area contributed by atoms with Crippen LogP contribution in [0.25, 0.3) is 11.1 Å². The lowest BCUT2D eigenvalue weighted by Gasteiger charge is -2.09. The third-order valence-corrected chi connectivity index (χ3v) is 3.13. The van der Waals surface area contributed by atoms with Crippen LogP contribution in [-0.2, 0) is 0 Å². The predicted molar refractivity (Wildman–Crippen MR) is 68.5 cm³/mol. The Morgan fingerprint density at radius 1 is 1.16 bits per heavy atom. The number of carbonyl (C=O) groups is 1. The van der Waals surface area contributed by atoms with Gasteiger partial charge in [-0.3, -0.25) is 0 Å². The summed E-state index contributed by atoms with van der Waals surface area (Å²) in [5.41, 5.74) is 0.773. The van der Waals surface area contributed by atoms with Gasteiger partial charge in [-0.1, -0.05) is 17.7 Å². The van der Waals surface area contributed by atoms with Crippen LogP contribution in [0.3, 0.4) is 0 Å². The SMILES string of the molecule is Cc1c(F)cc(C(=O)O)cc1-c1ccc(Cl)c(F)c1. The number of hydrogen-bond acceptors (Lipinski definition) is 1. The van der Waals surface area contributed by atoms with Crippen LogP contribution in [0.5, 0.6) is 0 Å². The van der Waals surface area contributed by atoms with E-state index < -0.39 is 17.6 Å². The summed E-state index contributed by atoms with van der Waals surface area (Å²) >= 11 is 5.58. The first-order valence-corrected chi connectivity index (χ1v) is 5.77. The summed E-state index contributed by atoms with van der Waals surface area (Å²) in [6.07, 6.45) is 0. The topological polar surface area (TPSA) is 37.3 Å². The van der Waals surface area contributed by atoms with E-state index in [1.807, 2.05) is 0 Å². The molecule has 0 heterocycles. The molecule has 0 aliphatic rings. The van der Waals surface area contributed by atoms with Crippen molar-refractivity contribution >= 4 is 17.6 Å². The van der Waals surface area contributed by atoms with Crippen LogP contribution >= 0.6 is 11.6 Å². The van der Waals surface area contributed by atoms with E-state index in [-0.39, 0.29) is 16.1 Å². The van der Waals surface area contributed by atoms with E-state index in [9.17, 15) is 13.6 Å². The Morgan fingerprint density at radius 3 is 2.42 bits per heavy atom. The molecule has 0 aromatic heterocycles. The summed E-state index contributed by atoms with van der Waals surface area (Å²) in [6, 6.07) is 6.25. The standard InChI is InChI=1S/C14H9ClF2O2/c1-7-10(4-9(14(18)19)6-12(7)16)8-2-3-11(15)13(17)5-8/h2-6H,1H3,(H,18,19). The molecule has 0 unspecified atom stereocenters. The minimum absolute atomic E-state index is 0.0451. The van der Waals surface area contributed by atoms with Gasteiger partial charge in [0.1, 0.15) is 11.6 Å². The Balaban J connectivity index is 2.66. The predicted octanol–water partition coefficient (Wildman–Crippen LogP) is 4.29. The second-order valence-electron chi connectivity index (χ2n) is 4.06. The normalized spacial score (nSPS) is 10.5. The number of aromatic carboxylic acids is 1. The lowest BCUT2D eigenvalue weighted by molar-refractivity contribution is 0.0696. The van der Waals surface area contributed by atoms with Gasteiger partial charge in [-0.05, 0) is 47.9 Å². The van der Waals surface area contributed by atoms with Crippen LogP contribution in [0.1, 0.15) is 15.9 Å². The monoisotopic (exact) mass is 282 g/mol. The third-order valence-electron chi connectivity index (χ3n) is 2.82. The number of carboxylic acids is 1. The molecule has 0 aliphatic carbocycles. The number of halogens is 3. The van der Waals surface area contributed by atoms with Gasteiger partial charge in [0.15, 0.2) is 0 Å². The molecule has 0 radical (unpaired) electrons. The van der Waals surface area contributed by atoms with Crippen LogP contribution in [-0.4, -0.2) is 11.1 Å². The summed E-state index contributed by atoms with van der Waals surface area (Å²) in [6.45, 7) is 1.50. The van der Waals surface area contributed by atoms with Crippen molar-refractivity contribution in [2.75, 3.05) is 0 Å². The quantitative estimate of drug-likeness (QED) is 0.892. The van der Waals surface area contributed by atoms with Crippen LogP contribution in [0.2, 0.25) is 5.02 Å². The maximum absolute atomic E-state index is 13.7. The number of rotatable bonds is 2. The van der Waals surface area contributed by atoms with Crippen LogP contribution in [0.4, 0.5) is 8.78 Å². The fraction of sp³-hybridized carbons (Fsp3) is 0.0714. The zero-order valence-electron chi connectivity index (χ0n) is 9.88. The maximum atomic E-state index is 13.7. The molecule has 5 heteroatoms. The Bertz CT molecular complexity index is 669. The molecule has 0 amide bonds. The fourth-order valence-electron chi connectivity index (χ4n) is 1.77. The number of carboxylic acid groups (broad SMARTS) is 1. The molecule has 0 spiro atoms. The number of benzene rings is 2. The van der Waals surface area contributed by atoms with Gasteiger partial charge in [0.05, 0.1) is 10.6 Å². The van der Waals surface area contributed by atoms with Crippen molar-refractivity contribution in [3.8, 4) is 11.1 Å². The Labute approximate surface area is 113 Å². The van der Waals surface area contributed by atoms with Crippen molar-refractivity contribution in [2.24, 2.45) is 0 Å². The Hall–Kier alpha value is -1.94. The minimum Gasteiger partial charge on any atom is -0.478 e. The fourth-order valence-corrected chi connectivity index (χ4v) is 1.88. The molecule has 0 atom stereocenters. The van der Waals surface area contributed by atoms with E-state index in [2.05, 4.69) is 0 Å². The molecule has 0 saturated heterocycles. The highest BCUT2D eigenvalue weighted by atomic mass is 35.5. The lowest BCUT2D eigenvalue weighted by atomic mass is 9.97. The van der Waals surface area contributed by atoms with Gasteiger partial charge in [-0.15, -0.1) is 0 Å². The molecule has 0 saturated carbocycles. The molecule has 1 N–H and O–H groups in total. The molecule has 98 valence electrons. The molecular weight excluding hydrogens is 274 g/mol. The van der Waals surface area contributed by atoms with Gasteiger partial charge in [0.25, 0.3) is 0 Å². The number of hydrogen-bond donors (Lipinski definition) is 1. The summed E-state index contributed by atoms with van der Waals surface area (Å²) in [5.74, 6) is -2.53. The average molecular weight is 283 g/mol. The zero-order chi connectivity index (χ0) is 14.2. The molecular formula is C14H9ClF2O2. The molecule has 2 nitrogen and oxygen atoms in total. The summed E-state index contributed by atoms with van der Waals surface area (Å²) in [4.78, 5) is 10.9. The maximum Gasteiger partial charge on any atom is 0.335 e. The first-order chi connectivity index (χ1) is 8.90. The lowest BCUT2D eigenvalue weighted by Crippen LogP contribution is -2.00. The average Bonchev–Trinajstić information content (AvgIpc) is 2.35. The highest BCUT2D eigenvalue weighted by Gasteiger charge is 2.14. The van der Waals surface area contributed by atoms with Crippen molar-refractivity contribution in [3.63, 3.8) is 0 Å². The van der Waals surface area contributed by atoms with Crippen molar-refractivity contribution in [2.45, 2.75) is 6.92 Å². The molecule has 2 aromatic rings. The smallest absolute Gasteiger partial charge is 0.335 e. The van der Waals surface area contributed by atoms with Crippen LogP contribution in [0, 0.1) is 18.6 Å². The summed E-state index contributed by atoms with van der Waals surface area (Å²) < 4.78 is 27.1. The highest BCUT2D eigenvalue weighted by molar-refractivity contribution is 6.30. The second kappa shape index (κ2) is 4.97. The molecule has 2 rings (SSSR count). The summed E-state index contributed by atoms with van der Waals surface area (Å²) in [5, 5.41) is 8.86. The highest BCUT2D eigenvalue weighted by Crippen LogP contribution is 2.29. The largest absolute Gasteiger partial charge is 0.478 e. The van der Waals surface area contributed by atoms with E-state index in [4.69, 9.17) is 16.7 Å². The van der Waals surface area contributed by atoms with Gasteiger partial charge in [0.2, 0.25) is 0 Å². The summed E-state index contributed by atoms with van der Waals surface area (Å²) in [7, 11) is 0. The van der Waals surface area contributed by atoms with Crippen molar-refractivity contribution in [1.29, 1.82) is 0 Å². The molecule has 0 bridgehead atoms. The van der Waals surface area contributed by atoms with E-state index in [0.29, 0.717) is 11.1 Å². The first-order valence-electron chi connectivity index (χ1n) is 5.39. The zero-order valence-corrected chi connectivity index (χ0v) is 10.6. The Morgan fingerprint density at radius 2 is 1.84 bits per heavy atom. The van der Waals surface area contributed by atoms with Crippen LogP contribution in [0.15, 0.2) is 30.3 Å². The van der Waals surface area contributed by atoms with Gasteiger partial charge < -0.3 is 5.11 Å². The second-order valence-corrected chi connectivity index (χ2v) is 4.47. The van der Waals surface area contributed by atoms with E-state index in [1.165, 1.54) is 25.1 Å². The first kappa shape index (κ1) is 13.5. The Kier molecular flexibility index (Phi) is 3.53. The third kappa shape index (κ3) is 2.58. The molecule has 0 aliphatic heterocycles. The molecule has 19 heavy (non-hydrogen) atoms. The van der Waals surface area contributed by atoms with Gasteiger partial charge in [-0.25, -0.2) is 13.6 Å². The van der Waals surface area contributed by atoms with Crippen molar-refractivity contribution in [3.05, 3.63) is 58.1 Å². The van der Waals surface area contributed by atoms with Gasteiger partial charge in [0, 0.05) is 0 Å². The van der Waals surface area contributed by atoms with Crippen molar-refractivity contribution in [1.82, 2.24) is 0 Å². The van der Waals surface area contributed by atoms with Crippen molar-refractivity contribution < 1.29 is 18.7 Å². The molecule has 0 fully saturated rings. The van der Waals surface area contributed by atoms with E-state index in [0.717, 1.165) is 12.1 Å². The van der Waals surface area contributed by atoms with Gasteiger partial charge in [-0.2, -0.15) is 0 Å². The van der Waals surface area contributed by atoms with Gasteiger partial charge >= 0.3 is 5.97 Å². The van der Waals surface area contributed by atoms with E-state index >= 15 is 0 Å². The molecule has 2 aromatic carbocycles. The van der Waals surface area contributed by atoms with E-state index in [1.54, 1.807) is 0 Å². The van der Waals surface area contributed by atoms with Crippen LogP contribution < -0.4 is 0 Å². The minimum atomic E-state index is -1.24.